The van der Waals surface area contributed by atoms with Gasteiger partial charge in [0.1, 0.15) is 17.0 Å². The van der Waals surface area contributed by atoms with Crippen molar-refractivity contribution < 1.29 is 9.52 Å². The maximum Gasteiger partial charge on any atom is 0.274 e. The van der Waals surface area contributed by atoms with Crippen LogP contribution in [0.5, 0.6) is 5.75 Å². The molecule has 0 saturated heterocycles. The number of furan rings is 1. The Morgan fingerprint density at radius 1 is 1.10 bits per heavy atom. The average molecular weight is 389 g/mol. The summed E-state index contributed by atoms with van der Waals surface area (Å²) in [5, 5.41) is 14.1. The molecule has 0 aliphatic carbocycles. The number of aromatic nitrogens is 3. The summed E-state index contributed by atoms with van der Waals surface area (Å²) in [4.78, 5) is 28.4. The van der Waals surface area contributed by atoms with Crippen LogP contribution in [0.4, 0.5) is 0 Å². The number of aromatic hydroxyl groups is 1. The van der Waals surface area contributed by atoms with E-state index in [0.717, 1.165) is 5.39 Å². The average Bonchev–Trinajstić information content (AvgIpc) is 3.22. The van der Waals surface area contributed by atoms with Gasteiger partial charge >= 0.3 is 0 Å². The zero-order chi connectivity index (χ0) is 20.4. The van der Waals surface area contributed by atoms with E-state index in [-0.39, 0.29) is 22.8 Å². The Balaban J connectivity index is 2.09. The highest BCUT2D eigenvalue weighted by Crippen LogP contribution is 2.39. The minimum Gasteiger partial charge on any atom is -0.508 e. The van der Waals surface area contributed by atoms with Gasteiger partial charge in [0.2, 0.25) is 0 Å². The van der Waals surface area contributed by atoms with Gasteiger partial charge in [-0.1, -0.05) is 12.1 Å². The lowest BCUT2D eigenvalue weighted by Crippen LogP contribution is -2.07. The molecule has 5 rings (SSSR count). The fraction of sp³-hybridized carbons (Fsp3) is 0.182. The van der Waals surface area contributed by atoms with Gasteiger partial charge < -0.3 is 14.5 Å². The molecule has 5 aromatic rings. The quantitative estimate of drug-likeness (QED) is 0.421. The van der Waals surface area contributed by atoms with Crippen LogP contribution in [-0.2, 0) is 0 Å². The number of pyridine rings is 1. The number of benzene rings is 2. The number of aryl methyl sites for hydroxylation is 1. The van der Waals surface area contributed by atoms with Crippen molar-refractivity contribution >= 4 is 33.1 Å². The number of H-pyrrole nitrogens is 2. The Labute approximate surface area is 164 Å². The van der Waals surface area contributed by atoms with E-state index in [0.29, 0.717) is 44.4 Å². The molecule has 3 aromatic heterocycles. The summed E-state index contributed by atoms with van der Waals surface area (Å²) in [7, 11) is 0. The Morgan fingerprint density at radius 3 is 2.62 bits per heavy atom. The van der Waals surface area contributed by atoms with Crippen molar-refractivity contribution in [2.75, 3.05) is 0 Å². The van der Waals surface area contributed by atoms with Crippen molar-refractivity contribution in [2.24, 2.45) is 0 Å². The number of phenols is 1. The molecular formula is C22H19N3O4. The lowest BCUT2D eigenvalue weighted by atomic mass is 10.0. The van der Waals surface area contributed by atoms with Gasteiger partial charge in [-0.25, -0.2) is 0 Å². The summed E-state index contributed by atoms with van der Waals surface area (Å²) >= 11 is 0. The summed E-state index contributed by atoms with van der Waals surface area (Å²) in [5.41, 5.74) is 3.66. The SMILES string of the molecule is Cc1c(=O)ccc2c1oc1c(-c3cccc(O)c3)c3c(=O)[nH]n(C(C)C)c3[nH]c12. The molecule has 0 amide bonds. The highest BCUT2D eigenvalue weighted by Gasteiger charge is 2.23. The molecular weight excluding hydrogens is 370 g/mol. The highest BCUT2D eigenvalue weighted by molar-refractivity contribution is 6.14. The third kappa shape index (κ3) is 2.37. The molecule has 3 N–H and O–H groups in total. The lowest BCUT2D eigenvalue weighted by Gasteiger charge is -2.10. The molecule has 0 radical (unpaired) electrons. The number of hydrogen-bond donors (Lipinski definition) is 3. The van der Waals surface area contributed by atoms with Crippen LogP contribution in [0.25, 0.3) is 44.2 Å². The van der Waals surface area contributed by atoms with E-state index >= 15 is 0 Å². The summed E-state index contributed by atoms with van der Waals surface area (Å²) in [6.07, 6.45) is 0. The first-order valence-electron chi connectivity index (χ1n) is 9.38. The zero-order valence-electron chi connectivity index (χ0n) is 16.2. The van der Waals surface area contributed by atoms with Gasteiger partial charge in [0.25, 0.3) is 5.56 Å². The fourth-order valence-corrected chi connectivity index (χ4v) is 3.94. The first-order valence-corrected chi connectivity index (χ1v) is 9.38. The second-order valence-electron chi connectivity index (χ2n) is 7.55. The van der Waals surface area contributed by atoms with Gasteiger partial charge in [0.15, 0.2) is 11.0 Å². The summed E-state index contributed by atoms with van der Waals surface area (Å²) in [6, 6.07) is 9.97. The number of hydrogen-bond acceptors (Lipinski definition) is 4. The smallest absolute Gasteiger partial charge is 0.274 e. The maximum atomic E-state index is 12.9. The number of phenolic OH excluding ortho intramolecular Hbond substituents is 1. The van der Waals surface area contributed by atoms with Crippen LogP contribution in [-0.4, -0.2) is 19.9 Å². The van der Waals surface area contributed by atoms with Crippen molar-refractivity contribution in [1.29, 1.82) is 0 Å². The van der Waals surface area contributed by atoms with Crippen LogP contribution in [0.2, 0.25) is 0 Å². The number of aromatic amines is 2. The number of nitrogens with zero attached hydrogens (tertiary/aromatic N) is 1. The van der Waals surface area contributed by atoms with Crippen LogP contribution in [0, 0.1) is 6.92 Å². The van der Waals surface area contributed by atoms with Gasteiger partial charge in [0.05, 0.1) is 10.9 Å². The first kappa shape index (κ1) is 17.4. The first-order chi connectivity index (χ1) is 13.9. The van der Waals surface area contributed by atoms with Crippen molar-refractivity contribution in [1.82, 2.24) is 14.8 Å². The van der Waals surface area contributed by atoms with Crippen molar-refractivity contribution in [2.45, 2.75) is 26.8 Å². The maximum absolute atomic E-state index is 12.9. The largest absolute Gasteiger partial charge is 0.508 e. The summed E-state index contributed by atoms with van der Waals surface area (Å²) in [5.74, 6) is 0.0884. The monoisotopic (exact) mass is 389 g/mol. The zero-order valence-corrected chi connectivity index (χ0v) is 16.2. The van der Waals surface area contributed by atoms with E-state index in [2.05, 4.69) is 10.1 Å². The van der Waals surface area contributed by atoms with Crippen molar-refractivity contribution in [3.8, 4) is 16.9 Å². The summed E-state index contributed by atoms with van der Waals surface area (Å²) in [6.45, 7) is 5.67. The number of nitrogens with one attached hydrogen (secondary N) is 2. The minimum atomic E-state index is -0.258. The van der Waals surface area contributed by atoms with Crippen molar-refractivity contribution in [3.63, 3.8) is 0 Å². The molecule has 0 aliphatic heterocycles. The van der Waals surface area contributed by atoms with Crippen LogP contribution >= 0.6 is 0 Å². The molecule has 0 atom stereocenters. The molecule has 146 valence electrons. The molecule has 0 fully saturated rings. The molecule has 7 nitrogen and oxygen atoms in total. The van der Waals surface area contributed by atoms with Crippen LogP contribution in [0.15, 0.2) is 50.4 Å². The predicted octanol–water partition coefficient (Wildman–Crippen LogP) is 4.18. The molecule has 0 spiro atoms. The fourth-order valence-electron chi connectivity index (χ4n) is 3.94. The van der Waals surface area contributed by atoms with E-state index in [1.165, 1.54) is 6.07 Å². The van der Waals surface area contributed by atoms with E-state index in [9.17, 15) is 14.7 Å². The Bertz CT molecular complexity index is 1550. The molecule has 0 bridgehead atoms. The minimum absolute atomic E-state index is 0.0130. The third-order valence-electron chi connectivity index (χ3n) is 5.36. The topological polar surface area (TPSA) is 104 Å². The Kier molecular flexibility index (Phi) is 3.52. The van der Waals surface area contributed by atoms with E-state index in [1.54, 1.807) is 35.9 Å². The van der Waals surface area contributed by atoms with Crippen LogP contribution in [0.3, 0.4) is 0 Å². The number of rotatable bonds is 2. The standard InChI is InChI=1S/C22H19N3O4/c1-10(2)25-21-17(22(28)24-25)16(12-5-4-6-13(26)9-12)20-18(23-21)14-7-8-15(27)11(3)19(14)29-20/h4-10,23,26H,1-3H3,(H,24,28). The Hall–Kier alpha value is -3.74. The lowest BCUT2D eigenvalue weighted by molar-refractivity contribution is 0.475. The Morgan fingerprint density at radius 2 is 1.90 bits per heavy atom. The molecule has 0 unspecified atom stereocenters. The second kappa shape index (κ2) is 5.88. The highest BCUT2D eigenvalue weighted by atomic mass is 16.3. The van der Waals surface area contributed by atoms with Gasteiger partial charge in [-0.15, -0.1) is 0 Å². The van der Waals surface area contributed by atoms with Gasteiger partial charge in [-0.2, -0.15) is 0 Å². The molecule has 0 aliphatic rings. The van der Waals surface area contributed by atoms with Gasteiger partial charge in [-0.3, -0.25) is 19.4 Å². The third-order valence-corrected chi connectivity index (χ3v) is 5.36. The molecule has 29 heavy (non-hydrogen) atoms. The van der Waals surface area contributed by atoms with E-state index in [4.69, 9.17) is 4.42 Å². The normalized spacial score (nSPS) is 12.0. The van der Waals surface area contributed by atoms with E-state index in [1.807, 2.05) is 19.9 Å². The molecule has 2 aromatic carbocycles. The van der Waals surface area contributed by atoms with Crippen LogP contribution in [0.1, 0.15) is 25.5 Å². The molecule has 7 heteroatoms. The predicted molar refractivity (Wildman–Crippen MR) is 113 cm³/mol. The molecule has 0 saturated carbocycles. The van der Waals surface area contributed by atoms with Crippen LogP contribution < -0.4 is 11.0 Å². The van der Waals surface area contributed by atoms with Gasteiger partial charge in [0, 0.05) is 22.6 Å². The molecule has 3 heterocycles. The second-order valence-corrected chi connectivity index (χ2v) is 7.55. The van der Waals surface area contributed by atoms with Crippen molar-refractivity contribution in [3.05, 3.63) is 62.5 Å². The summed E-state index contributed by atoms with van der Waals surface area (Å²) < 4.78 is 7.92. The van der Waals surface area contributed by atoms with E-state index < -0.39 is 0 Å². The number of fused-ring (bicyclic) bond motifs is 4. The van der Waals surface area contributed by atoms with Gasteiger partial charge in [-0.05, 0) is 50.6 Å².